The van der Waals surface area contributed by atoms with Crippen LogP contribution in [0.3, 0.4) is 0 Å². The molecule has 3 fully saturated rings. The maximum absolute atomic E-state index is 11.0. The molecule has 0 aromatic carbocycles. The highest BCUT2D eigenvalue weighted by atomic mass is 35.5. The first kappa shape index (κ1) is 12.3. The minimum atomic E-state index is -1.71. The molecule has 0 unspecified atom stereocenters. The molecule has 6 nitrogen and oxygen atoms in total. The van der Waals surface area contributed by atoms with Crippen LogP contribution in [0.25, 0.3) is 0 Å². The van der Waals surface area contributed by atoms with Crippen molar-refractivity contribution in [2.75, 3.05) is 6.61 Å². The zero-order chi connectivity index (χ0) is 12.2. The Kier molecular flexibility index (Phi) is 2.98. The molecule has 0 radical (unpaired) electrons. The minimum Gasteiger partial charge on any atom is -0.342 e. The quantitative estimate of drug-likeness (QED) is 0.652. The van der Waals surface area contributed by atoms with E-state index in [0.717, 1.165) is 0 Å². The van der Waals surface area contributed by atoms with Gasteiger partial charge in [0, 0.05) is 0 Å². The third-order valence-electron chi connectivity index (χ3n) is 2.90. The molecular formula is C9H13ClO6S. The SMILES string of the molecule is CC1(C)O[C@H]2O[C@@H]([C@@H]3CO[S@@](=O)O3)[C@@H](Cl)[C@@H]2O1. The number of fused-ring (bicyclic) bond motifs is 1. The van der Waals surface area contributed by atoms with E-state index in [1.54, 1.807) is 13.8 Å². The maximum Gasteiger partial charge on any atom is 0.305 e. The number of rotatable bonds is 1. The molecule has 3 heterocycles. The largest absolute Gasteiger partial charge is 0.342 e. The van der Waals surface area contributed by atoms with Crippen molar-refractivity contribution in [2.24, 2.45) is 0 Å². The zero-order valence-electron chi connectivity index (χ0n) is 9.33. The van der Waals surface area contributed by atoms with E-state index < -0.39 is 41.0 Å². The van der Waals surface area contributed by atoms with Gasteiger partial charge in [-0.15, -0.1) is 11.6 Å². The second-order valence-electron chi connectivity index (χ2n) is 4.64. The van der Waals surface area contributed by atoms with E-state index in [1.807, 2.05) is 0 Å². The summed E-state index contributed by atoms with van der Waals surface area (Å²) in [5, 5.41) is -0.412. The summed E-state index contributed by atoms with van der Waals surface area (Å²) in [5.74, 6) is -0.691. The normalized spacial score (nSPS) is 52.9. The number of hydrogen-bond acceptors (Lipinski definition) is 6. The molecule has 98 valence electrons. The smallest absolute Gasteiger partial charge is 0.305 e. The number of alkyl halides is 1. The van der Waals surface area contributed by atoms with Crippen molar-refractivity contribution >= 4 is 23.0 Å². The predicted molar refractivity (Wildman–Crippen MR) is 57.3 cm³/mol. The predicted octanol–water partition coefficient (Wildman–Crippen LogP) is 0.464. The van der Waals surface area contributed by atoms with Crippen LogP contribution in [0, 0.1) is 0 Å². The van der Waals surface area contributed by atoms with Crippen molar-refractivity contribution in [1.29, 1.82) is 0 Å². The zero-order valence-corrected chi connectivity index (χ0v) is 10.9. The van der Waals surface area contributed by atoms with Gasteiger partial charge in [0.25, 0.3) is 0 Å². The molecule has 0 aromatic rings. The lowest BCUT2D eigenvalue weighted by atomic mass is 10.1. The first-order chi connectivity index (χ1) is 7.96. The third kappa shape index (κ3) is 2.14. The van der Waals surface area contributed by atoms with Gasteiger partial charge in [0.15, 0.2) is 12.1 Å². The second kappa shape index (κ2) is 4.12. The van der Waals surface area contributed by atoms with Crippen molar-refractivity contribution in [2.45, 2.75) is 49.6 Å². The molecule has 3 rings (SSSR count). The van der Waals surface area contributed by atoms with Crippen LogP contribution in [0.4, 0.5) is 0 Å². The average molecular weight is 285 g/mol. The summed E-state index contributed by atoms with van der Waals surface area (Å²) in [5.41, 5.74) is 0. The highest BCUT2D eigenvalue weighted by Gasteiger charge is 2.57. The first-order valence-corrected chi connectivity index (χ1v) is 6.77. The van der Waals surface area contributed by atoms with Gasteiger partial charge in [0.2, 0.25) is 0 Å². The van der Waals surface area contributed by atoms with Gasteiger partial charge in [-0.05, 0) is 13.8 Å². The summed E-state index contributed by atoms with van der Waals surface area (Å²) in [4.78, 5) is 0. The number of hydrogen-bond donors (Lipinski definition) is 0. The molecule has 0 aromatic heterocycles. The second-order valence-corrected chi connectivity index (χ2v) is 5.98. The molecule has 0 aliphatic carbocycles. The van der Waals surface area contributed by atoms with Gasteiger partial charge in [-0.3, -0.25) is 8.37 Å². The van der Waals surface area contributed by atoms with Crippen molar-refractivity contribution < 1.29 is 26.8 Å². The standard InChI is InChI=1S/C9H13ClO6S/c1-9(2)14-7-5(10)6(13-8(7)15-9)4-3-12-17(11)16-4/h4-8H,3H2,1-2H3/t4-,5+,6-,7-,8+,17+/m0/s1. The maximum atomic E-state index is 11.0. The monoisotopic (exact) mass is 284 g/mol. The van der Waals surface area contributed by atoms with E-state index in [2.05, 4.69) is 0 Å². The van der Waals surface area contributed by atoms with E-state index in [4.69, 9.17) is 34.2 Å². The molecule has 0 bridgehead atoms. The van der Waals surface area contributed by atoms with Gasteiger partial charge in [-0.2, -0.15) is 4.21 Å². The molecule has 0 N–H and O–H groups in total. The van der Waals surface area contributed by atoms with Crippen LogP contribution in [0.15, 0.2) is 0 Å². The Morgan fingerprint density at radius 3 is 2.65 bits per heavy atom. The summed E-state index contributed by atoms with van der Waals surface area (Å²) in [6, 6.07) is 0. The van der Waals surface area contributed by atoms with E-state index in [1.165, 1.54) is 0 Å². The van der Waals surface area contributed by atoms with Crippen LogP contribution in [0.1, 0.15) is 13.8 Å². The summed E-state index contributed by atoms with van der Waals surface area (Å²) in [6.07, 6.45) is -1.72. The Hall–Kier alpha value is 0.240. The lowest BCUT2D eigenvalue weighted by Crippen LogP contribution is -2.38. The lowest BCUT2D eigenvalue weighted by Gasteiger charge is -2.24. The fourth-order valence-electron chi connectivity index (χ4n) is 2.22. The van der Waals surface area contributed by atoms with E-state index in [-0.39, 0.29) is 12.7 Å². The summed E-state index contributed by atoms with van der Waals surface area (Å²) in [6.45, 7) is 3.80. The molecule has 6 atom stereocenters. The van der Waals surface area contributed by atoms with Crippen LogP contribution in [0.5, 0.6) is 0 Å². The van der Waals surface area contributed by atoms with E-state index in [0.29, 0.717) is 0 Å². The number of ether oxygens (including phenoxy) is 3. The summed E-state index contributed by atoms with van der Waals surface area (Å²) < 4.78 is 37.7. The van der Waals surface area contributed by atoms with Crippen molar-refractivity contribution in [3.8, 4) is 0 Å². The highest BCUT2D eigenvalue weighted by Crippen LogP contribution is 2.41. The van der Waals surface area contributed by atoms with Gasteiger partial charge in [-0.25, -0.2) is 0 Å². The summed E-state index contributed by atoms with van der Waals surface area (Å²) >= 11 is 4.56. The van der Waals surface area contributed by atoms with Gasteiger partial charge in [0.1, 0.15) is 18.3 Å². The van der Waals surface area contributed by atoms with Crippen LogP contribution in [-0.2, 0) is 33.9 Å². The first-order valence-electron chi connectivity index (χ1n) is 5.34. The van der Waals surface area contributed by atoms with Crippen LogP contribution < -0.4 is 0 Å². The molecule has 0 saturated carbocycles. The Balaban J connectivity index is 1.70. The molecule has 17 heavy (non-hydrogen) atoms. The fourth-order valence-corrected chi connectivity index (χ4v) is 3.28. The molecule has 3 saturated heterocycles. The number of halogens is 1. The Morgan fingerprint density at radius 2 is 2.06 bits per heavy atom. The Bertz CT molecular complexity index is 350. The van der Waals surface area contributed by atoms with E-state index >= 15 is 0 Å². The van der Waals surface area contributed by atoms with Crippen LogP contribution in [0.2, 0.25) is 0 Å². The van der Waals surface area contributed by atoms with E-state index in [9.17, 15) is 4.21 Å². The molecule has 3 aliphatic rings. The van der Waals surface area contributed by atoms with Crippen LogP contribution >= 0.6 is 11.6 Å². The Morgan fingerprint density at radius 1 is 1.29 bits per heavy atom. The van der Waals surface area contributed by atoms with Gasteiger partial charge < -0.3 is 14.2 Å². The van der Waals surface area contributed by atoms with Gasteiger partial charge >= 0.3 is 11.4 Å². The summed E-state index contributed by atoms with van der Waals surface area (Å²) in [7, 11) is 0. The van der Waals surface area contributed by atoms with Crippen molar-refractivity contribution in [3.63, 3.8) is 0 Å². The minimum absolute atomic E-state index is 0.198. The van der Waals surface area contributed by atoms with Gasteiger partial charge in [-0.1, -0.05) is 0 Å². The molecule has 8 heteroatoms. The van der Waals surface area contributed by atoms with Gasteiger partial charge in [0.05, 0.1) is 12.0 Å². The molecule has 3 aliphatic heterocycles. The molecular weight excluding hydrogens is 272 g/mol. The third-order valence-corrected chi connectivity index (χ3v) is 4.13. The Labute approximate surface area is 106 Å². The molecule has 0 spiro atoms. The average Bonchev–Trinajstić information content (AvgIpc) is 2.83. The fraction of sp³-hybridized carbons (Fsp3) is 1.00. The topological polar surface area (TPSA) is 63.2 Å². The van der Waals surface area contributed by atoms with Crippen LogP contribution in [-0.4, -0.2) is 46.6 Å². The lowest BCUT2D eigenvalue weighted by molar-refractivity contribution is -0.211. The van der Waals surface area contributed by atoms with Crippen molar-refractivity contribution in [3.05, 3.63) is 0 Å². The van der Waals surface area contributed by atoms with Crippen molar-refractivity contribution in [1.82, 2.24) is 0 Å². The highest BCUT2D eigenvalue weighted by molar-refractivity contribution is 7.75. The molecule has 0 amide bonds.